The molecule has 0 spiro atoms. The Hall–Kier alpha value is -1.45. The van der Waals surface area contributed by atoms with Crippen LogP contribution < -0.4 is 0 Å². The van der Waals surface area contributed by atoms with Gasteiger partial charge in [-0.15, -0.1) is 5.10 Å². The van der Waals surface area contributed by atoms with Crippen LogP contribution in [0.15, 0.2) is 18.3 Å². The van der Waals surface area contributed by atoms with Gasteiger partial charge in [-0.2, -0.15) is 9.90 Å². The maximum absolute atomic E-state index is 4.17. The van der Waals surface area contributed by atoms with Crippen molar-refractivity contribution in [1.82, 2.24) is 20.0 Å². The molecule has 2 aromatic heterocycles. The Bertz CT molecular complexity index is 332. The van der Waals surface area contributed by atoms with Crippen LogP contribution in [-0.4, -0.2) is 20.0 Å². The van der Waals surface area contributed by atoms with Crippen molar-refractivity contribution in [2.75, 3.05) is 0 Å². The van der Waals surface area contributed by atoms with E-state index in [2.05, 4.69) is 15.2 Å². The summed E-state index contributed by atoms with van der Waals surface area (Å²) in [5.74, 6) is 0. The van der Waals surface area contributed by atoms with Gasteiger partial charge in [0.25, 0.3) is 0 Å². The molecule has 0 aliphatic heterocycles. The molecule has 0 aliphatic carbocycles. The van der Waals surface area contributed by atoms with Crippen LogP contribution in [0.3, 0.4) is 0 Å². The predicted octanol–water partition coefficient (Wildman–Crippen LogP) is 0.846. The van der Waals surface area contributed by atoms with E-state index in [1.165, 1.54) is 0 Å². The number of aromatic nitrogens is 4. The smallest absolute Gasteiger partial charge is 0.201 e. The van der Waals surface area contributed by atoms with E-state index in [-0.39, 0.29) is 0 Å². The number of hydrogen-bond acceptors (Lipinski definition) is 3. The number of nitrogens with zero attached hydrogens (tertiary/aromatic N) is 4. The van der Waals surface area contributed by atoms with Crippen molar-refractivity contribution in [3.63, 3.8) is 0 Å². The lowest BCUT2D eigenvalue weighted by molar-refractivity contribution is 0.577. The summed E-state index contributed by atoms with van der Waals surface area (Å²) in [6.07, 6.45) is 1.72. The van der Waals surface area contributed by atoms with Crippen molar-refractivity contribution < 1.29 is 0 Å². The third-order valence-electron chi connectivity index (χ3n) is 1.48. The van der Waals surface area contributed by atoms with Gasteiger partial charge < -0.3 is 0 Å². The van der Waals surface area contributed by atoms with E-state index in [0.29, 0.717) is 5.65 Å². The highest BCUT2D eigenvalue weighted by Gasteiger charge is 1.98. The molecule has 0 saturated carbocycles. The molecule has 0 radical (unpaired) electrons. The largest absolute Gasteiger partial charge is 0.234 e. The molecule has 0 aliphatic rings. The Kier molecular flexibility index (Phi) is 1.31. The van der Waals surface area contributed by atoms with Crippen molar-refractivity contribution in [2.24, 2.45) is 0 Å². The molecule has 4 nitrogen and oxygen atoms in total. The average molecular weight is 148 g/mol. The molecule has 0 bridgehead atoms. The maximum atomic E-state index is 4.17. The second-order valence-corrected chi connectivity index (χ2v) is 2.23. The first-order valence-corrected chi connectivity index (χ1v) is 3.56. The molecule has 0 aromatic carbocycles. The summed E-state index contributed by atoms with van der Waals surface area (Å²) >= 11 is 0. The minimum absolute atomic E-state index is 0.717. The fraction of sp³-hybridized carbons (Fsp3) is 0.286. The zero-order chi connectivity index (χ0) is 7.68. The van der Waals surface area contributed by atoms with Crippen molar-refractivity contribution in [3.8, 4) is 0 Å². The molecule has 0 N–H and O–H groups in total. The Morgan fingerprint density at radius 2 is 2.36 bits per heavy atom. The van der Waals surface area contributed by atoms with E-state index in [1.54, 1.807) is 11.0 Å². The van der Waals surface area contributed by atoms with Crippen molar-refractivity contribution >= 4 is 11.2 Å². The summed E-state index contributed by atoms with van der Waals surface area (Å²) in [4.78, 5) is 5.69. The van der Waals surface area contributed by atoms with Crippen LogP contribution in [0.4, 0.5) is 0 Å². The van der Waals surface area contributed by atoms with Crippen LogP contribution >= 0.6 is 0 Å². The Labute approximate surface area is 63.9 Å². The van der Waals surface area contributed by atoms with Gasteiger partial charge in [0.15, 0.2) is 0 Å². The molecule has 0 saturated heterocycles. The Morgan fingerprint density at radius 3 is 3.09 bits per heavy atom. The number of rotatable bonds is 1. The van der Waals surface area contributed by atoms with Crippen molar-refractivity contribution in [3.05, 3.63) is 18.3 Å². The molecule has 2 aromatic rings. The molecule has 0 amide bonds. The molecule has 0 atom stereocenters. The first-order valence-electron chi connectivity index (χ1n) is 3.56. The first kappa shape index (κ1) is 6.27. The maximum Gasteiger partial charge on any atom is 0.201 e. The van der Waals surface area contributed by atoms with Crippen LogP contribution in [0, 0.1) is 0 Å². The van der Waals surface area contributed by atoms with Gasteiger partial charge in [0.1, 0.15) is 5.52 Å². The zero-order valence-electron chi connectivity index (χ0n) is 6.23. The van der Waals surface area contributed by atoms with Crippen LogP contribution in [0.2, 0.25) is 0 Å². The molecule has 2 rings (SSSR count). The summed E-state index contributed by atoms with van der Waals surface area (Å²) in [7, 11) is 0. The molecular formula is C7H8N4. The highest BCUT2D eigenvalue weighted by Crippen LogP contribution is 2.02. The quantitative estimate of drug-likeness (QED) is 0.602. The normalized spacial score (nSPS) is 10.6. The molecular weight excluding hydrogens is 140 g/mol. The van der Waals surface area contributed by atoms with Crippen molar-refractivity contribution in [1.29, 1.82) is 0 Å². The molecule has 0 fully saturated rings. The third kappa shape index (κ3) is 0.960. The van der Waals surface area contributed by atoms with Gasteiger partial charge in [0.2, 0.25) is 5.65 Å². The van der Waals surface area contributed by atoms with Gasteiger partial charge in [0.05, 0.1) is 6.54 Å². The standard InChI is InChI=1S/C7H8N4/c1-2-11-9-6-4-3-5-8-7(6)10-11/h3-5H,2H2,1H3. The van der Waals surface area contributed by atoms with E-state index in [4.69, 9.17) is 0 Å². The highest BCUT2D eigenvalue weighted by molar-refractivity contribution is 5.67. The van der Waals surface area contributed by atoms with Gasteiger partial charge in [-0.05, 0) is 19.1 Å². The minimum Gasteiger partial charge on any atom is -0.234 e. The molecule has 0 unspecified atom stereocenters. The number of pyridine rings is 1. The van der Waals surface area contributed by atoms with E-state index in [0.717, 1.165) is 12.1 Å². The topological polar surface area (TPSA) is 43.6 Å². The second-order valence-electron chi connectivity index (χ2n) is 2.23. The number of aryl methyl sites for hydroxylation is 1. The van der Waals surface area contributed by atoms with Gasteiger partial charge in [-0.25, -0.2) is 4.98 Å². The fourth-order valence-electron chi connectivity index (χ4n) is 0.941. The van der Waals surface area contributed by atoms with Crippen LogP contribution in [0.5, 0.6) is 0 Å². The predicted molar refractivity (Wildman–Crippen MR) is 41.0 cm³/mol. The highest BCUT2D eigenvalue weighted by atomic mass is 15.5. The SMILES string of the molecule is CCn1nc2cccnc2n1. The summed E-state index contributed by atoms with van der Waals surface area (Å²) in [5.41, 5.74) is 1.57. The second kappa shape index (κ2) is 2.30. The average Bonchev–Trinajstić information content (AvgIpc) is 2.46. The van der Waals surface area contributed by atoms with Gasteiger partial charge in [-0.1, -0.05) is 0 Å². The summed E-state index contributed by atoms with van der Waals surface area (Å²) in [5, 5.41) is 8.30. The fourth-order valence-corrected chi connectivity index (χ4v) is 0.941. The number of hydrogen-bond donors (Lipinski definition) is 0. The van der Waals surface area contributed by atoms with Crippen LogP contribution in [0.1, 0.15) is 6.92 Å². The van der Waals surface area contributed by atoms with Crippen LogP contribution in [0.25, 0.3) is 11.2 Å². The van der Waals surface area contributed by atoms with Crippen molar-refractivity contribution in [2.45, 2.75) is 13.5 Å². The van der Waals surface area contributed by atoms with Crippen LogP contribution in [-0.2, 0) is 6.54 Å². The summed E-state index contributed by atoms with van der Waals surface area (Å²) < 4.78 is 0. The van der Waals surface area contributed by atoms with Gasteiger partial charge >= 0.3 is 0 Å². The molecule has 4 heteroatoms. The van der Waals surface area contributed by atoms with Gasteiger partial charge in [-0.3, -0.25) is 0 Å². The van der Waals surface area contributed by atoms with E-state index >= 15 is 0 Å². The van der Waals surface area contributed by atoms with Gasteiger partial charge in [0, 0.05) is 6.20 Å². The molecule has 56 valence electrons. The molecule has 11 heavy (non-hydrogen) atoms. The Morgan fingerprint density at radius 1 is 1.45 bits per heavy atom. The Balaban J connectivity index is 2.69. The zero-order valence-corrected chi connectivity index (χ0v) is 6.23. The first-order chi connectivity index (χ1) is 5.40. The molecule has 2 heterocycles. The number of fused-ring (bicyclic) bond motifs is 1. The van der Waals surface area contributed by atoms with E-state index in [9.17, 15) is 0 Å². The summed E-state index contributed by atoms with van der Waals surface area (Å²) in [6, 6.07) is 3.76. The minimum atomic E-state index is 0.717. The third-order valence-corrected chi connectivity index (χ3v) is 1.48. The monoisotopic (exact) mass is 148 g/mol. The van der Waals surface area contributed by atoms with E-state index in [1.807, 2.05) is 19.1 Å². The van der Waals surface area contributed by atoms with E-state index < -0.39 is 0 Å². The lowest BCUT2D eigenvalue weighted by atomic mass is 10.4. The lowest BCUT2D eigenvalue weighted by Gasteiger charge is -1.85. The lowest BCUT2D eigenvalue weighted by Crippen LogP contribution is -1.97. The summed E-state index contributed by atoms with van der Waals surface area (Å²) in [6.45, 7) is 2.79.